The number of aliphatic hydroxyl groups is 1. The Morgan fingerprint density at radius 1 is 1.40 bits per heavy atom. The van der Waals surface area contributed by atoms with E-state index < -0.39 is 6.10 Å². The van der Waals surface area contributed by atoms with E-state index in [1.54, 1.807) is 14.1 Å². The van der Waals surface area contributed by atoms with Gasteiger partial charge in [-0.15, -0.1) is 0 Å². The molecule has 0 radical (unpaired) electrons. The van der Waals surface area contributed by atoms with Crippen molar-refractivity contribution in [2.24, 2.45) is 0 Å². The van der Waals surface area contributed by atoms with Gasteiger partial charge >= 0.3 is 0 Å². The topological polar surface area (TPSA) is 40.5 Å². The smallest absolute Gasteiger partial charge is 0.225 e. The summed E-state index contributed by atoms with van der Waals surface area (Å²) < 4.78 is 12.6. The third kappa shape index (κ3) is 3.32. The molecule has 3 nitrogen and oxygen atoms in total. The number of aliphatic hydroxyl groups excluding tert-OH is 1. The van der Waals surface area contributed by atoms with Crippen LogP contribution in [0.25, 0.3) is 0 Å². The minimum Gasteiger partial charge on any atom is -0.388 e. The van der Waals surface area contributed by atoms with Crippen LogP contribution in [0, 0.1) is 5.82 Å². The van der Waals surface area contributed by atoms with Crippen molar-refractivity contribution in [2.45, 2.75) is 12.5 Å². The van der Waals surface area contributed by atoms with Crippen molar-refractivity contribution in [1.82, 2.24) is 4.90 Å². The van der Waals surface area contributed by atoms with Crippen LogP contribution in [-0.2, 0) is 4.79 Å². The van der Waals surface area contributed by atoms with Crippen LogP contribution in [0.4, 0.5) is 4.39 Å². The zero-order chi connectivity index (χ0) is 11.4. The van der Waals surface area contributed by atoms with Gasteiger partial charge in [-0.1, -0.05) is 12.1 Å². The minimum absolute atomic E-state index is 0.0125. The number of carbonyl (C=O) groups is 1. The molecule has 0 aromatic heterocycles. The lowest BCUT2D eigenvalue weighted by atomic mass is 10.1. The van der Waals surface area contributed by atoms with Crippen LogP contribution < -0.4 is 0 Å². The Balaban J connectivity index is 2.65. The van der Waals surface area contributed by atoms with E-state index in [1.165, 1.54) is 29.2 Å². The molecule has 1 N–H and O–H groups in total. The summed E-state index contributed by atoms with van der Waals surface area (Å²) in [4.78, 5) is 12.7. The predicted molar refractivity (Wildman–Crippen MR) is 54.7 cm³/mol. The molecule has 1 amide bonds. The lowest BCUT2D eigenvalue weighted by Gasteiger charge is -2.14. The highest BCUT2D eigenvalue weighted by atomic mass is 19.1. The molecule has 0 spiro atoms. The largest absolute Gasteiger partial charge is 0.388 e. The second-order valence-electron chi connectivity index (χ2n) is 3.56. The van der Waals surface area contributed by atoms with E-state index in [0.29, 0.717) is 5.56 Å². The molecule has 1 unspecified atom stereocenters. The van der Waals surface area contributed by atoms with Crippen LogP contribution in [0.5, 0.6) is 0 Å². The number of rotatable bonds is 3. The van der Waals surface area contributed by atoms with Gasteiger partial charge < -0.3 is 10.0 Å². The van der Waals surface area contributed by atoms with E-state index in [0.717, 1.165) is 0 Å². The molecule has 0 heterocycles. The van der Waals surface area contributed by atoms with Crippen molar-refractivity contribution < 1.29 is 14.3 Å². The normalized spacial score (nSPS) is 12.3. The average molecular weight is 211 g/mol. The van der Waals surface area contributed by atoms with E-state index >= 15 is 0 Å². The summed E-state index contributed by atoms with van der Waals surface area (Å²) in [5, 5.41) is 9.66. The maximum atomic E-state index is 12.6. The molecule has 1 rings (SSSR count). The van der Waals surface area contributed by atoms with Crippen molar-refractivity contribution in [3.05, 3.63) is 35.6 Å². The molecule has 1 atom stereocenters. The van der Waals surface area contributed by atoms with Gasteiger partial charge in [-0.05, 0) is 17.7 Å². The molecular formula is C11H14FNO2. The Labute approximate surface area is 88.1 Å². The fourth-order valence-corrected chi connectivity index (χ4v) is 1.15. The second-order valence-corrected chi connectivity index (χ2v) is 3.56. The molecule has 1 aromatic rings. The van der Waals surface area contributed by atoms with Gasteiger partial charge in [0.15, 0.2) is 0 Å². The zero-order valence-electron chi connectivity index (χ0n) is 8.77. The first-order chi connectivity index (χ1) is 7.00. The SMILES string of the molecule is CN(C)C(=O)CC(O)c1ccc(F)cc1. The molecular weight excluding hydrogens is 197 g/mol. The van der Waals surface area contributed by atoms with Gasteiger partial charge in [0.2, 0.25) is 5.91 Å². The maximum absolute atomic E-state index is 12.6. The van der Waals surface area contributed by atoms with Crippen molar-refractivity contribution in [3.63, 3.8) is 0 Å². The molecule has 0 aliphatic rings. The summed E-state index contributed by atoms with van der Waals surface area (Å²) in [7, 11) is 3.25. The summed E-state index contributed by atoms with van der Waals surface area (Å²) >= 11 is 0. The lowest BCUT2D eigenvalue weighted by Crippen LogP contribution is -2.23. The van der Waals surface area contributed by atoms with Crippen molar-refractivity contribution in [3.8, 4) is 0 Å². The van der Waals surface area contributed by atoms with Crippen molar-refractivity contribution in [1.29, 1.82) is 0 Å². The molecule has 0 aliphatic carbocycles. The highest BCUT2D eigenvalue weighted by Crippen LogP contribution is 2.17. The molecule has 0 bridgehead atoms. The fraction of sp³-hybridized carbons (Fsp3) is 0.364. The molecule has 0 saturated heterocycles. The van der Waals surface area contributed by atoms with Crippen LogP contribution in [0.2, 0.25) is 0 Å². The summed E-state index contributed by atoms with van der Waals surface area (Å²) in [5.74, 6) is -0.517. The van der Waals surface area contributed by atoms with Crippen LogP contribution >= 0.6 is 0 Å². The van der Waals surface area contributed by atoms with Gasteiger partial charge in [0.1, 0.15) is 5.82 Å². The van der Waals surface area contributed by atoms with Crippen LogP contribution in [0.15, 0.2) is 24.3 Å². The van der Waals surface area contributed by atoms with Crippen LogP contribution in [0.3, 0.4) is 0 Å². The quantitative estimate of drug-likeness (QED) is 0.819. The van der Waals surface area contributed by atoms with E-state index in [4.69, 9.17) is 0 Å². The molecule has 0 aliphatic heterocycles. The van der Waals surface area contributed by atoms with Gasteiger partial charge in [-0.25, -0.2) is 4.39 Å². The standard InChI is InChI=1S/C11H14FNO2/c1-13(2)11(15)7-10(14)8-3-5-9(12)6-4-8/h3-6,10,14H,7H2,1-2H3. The first-order valence-corrected chi connectivity index (χ1v) is 4.64. The van der Waals surface area contributed by atoms with E-state index in [2.05, 4.69) is 0 Å². The summed E-state index contributed by atoms with van der Waals surface area (Å²) in [6, 6.07) is 5.48. The van der Waals surface area contributed by atoms with Gasteiger partial charge in [0, 0.05) is 14.1 Å². The number of amides is 1. The Morgan fingerprint density at radius 3 is 2.40 bits per heavy atom. The van der Waals surface area contributed by atoms with Gasteiger partial charge in [0.25, 0.3) is 0 Å². The van der Waals surface area contributed by atoms with Crippen molar-refractivity contribution >= 4 is 5.91 Å². The first kappa shape index (κ1) is 11.7. The summed E-state index contributed by atoms with van der Waals surface area (Å²) in [5.41, 5.74) is 0.548. The van der Waals surface area contributed by atoms with Crippen LogP contribution in [0.1, 0.15) is 18.1 Å². The molecule has 15 heavy (non-hydrogen) atoms. The average Bonchev–Trinajstić information content (AvgIpc) is 2.18. The third-order valence-corrected chi connectivity index (χ3v) is 2.12. The van der Waals surface area contributed by atoms with Crippen molar-refractivity contribution in [2.75, 3.05) is 14.1 Å². The highest BCUT2D eigenvalue weighted by Gasteiger charge is 2.14. The Hall–Kier alpha value is -1.42. The lowest BCUT2D eigenvalue weighted by molar-refractivity contribution is -0.130. The van der Waals surface area contributed by atoms with Gasteiger partial charge in [-0.3, -0.25) is 4.79 Å². The predicted octanol–water partition coefficient (Wildman–Crippen LogP) is 1.34. The molecule has 4 heteroatoms. The van der Waals surface area contributed by atoms with E-state index in [-0.39, 0.29) is 18.1 Å². The minimum atomic E-state index is -0.875. The van der Waals surface area contributed by atoms with Gasteiger partial charge in [0.05, 0.1) is 12.5 Å². The monoisotopic (exact) mass is 211 g/mol. The number of hydrogen-bond acceptors (Lipinski definition) is 2. The molecule has 82 valence electrons. The second kappa shape index (κ2) is 4.89. The summed E-state index contributed by atoms with van der Waals surface area (Å²) in [6.07, 6.45) is -0.862. The maximum Gasteiger partial charge on any atom is 0.225 e. The number of hydrogen-bond donors (Lipinski definition) is 1. The fourth-order valence-electron chi connectivity index (χ4n) is 1.15. The number of benzene rings is 1. The van der Waals surface area contributed by atoms with Crippen LogP contribution in [-0.4, -0.2) is 30.0 Å². The van der Waals surface area contributed by atoms with E-state index in [1.807, 2.05) is 0 Å². The van der Waals surface area contributed by atoms with Gasteiger partial charge in [-0.2, -0.15) is 0 Å². The zero-order valence-corrected chi connectivity index (χ0v) is 8.77. The highest BCUT2D eigenvalue weighted by molar-refractivity contribution is 5.76. The Bertz CT molecular complexity index is 335. The number of halogens is 1. The Morgan fingerprint density at radius 2 is 1.93 bits per heavy atom. The Kier molecular flexibility index (Phi) is 3.80. The molecule has 1 aromatic carbocycles. The summed E-state index contributed by atoms with van der Waals surface area (Å²) in [6.45, 7) is 0. The third-order valence-electron chi connectivity index (χ3n) is 2.12. The molecule has 0 fully saturated rings. The first-order valence-electron chi connectivity index (χ1n) is 4.64. The number of carbonyl (C=O) groups excluding carboxylic acids is 1. The molecule has 0 saturated carbocycles. The number of nitrogens with zero attached hydrogens (tertiary/aromatic N) is 1. The van der Waals surface area contributed by atoms with E-state index in [9.17, 15) is 14.3 Å².